The van der Waals surface area contributed by atoms with Crippen LogP contribution in [0, 0.1) is 10.1 Å². The van der Waals surface area contributed by atoms with Crippen LogP contribution in [0.3, 0.4) is 0 Å². The molecule has 0 aromatic carbocycles. The van der Waals surface area contributed by atoms with Crippen molar-refractivity contribution in [2.24, 2.45) is 0 Å². The van der Waals surface area contributed by atoms with Gasteiger partial charge in [0.1, 0.15) is 6.20 Å². The lowest BCUT2D eigenvalue weighted by Crippen LogP contribution is -2.36. The van der Waals surface area contributed by atoms with Crippen LogP contribution in [0.25, 0.3) is 0 Å². The Labute approximate surface area is 113 Å². The molecule has 1 amide bonds. The van der Waals surface area contributed by atoms with Crippen molar-refractivity contribution in [3.05, 3.63) is 28.6 Å². The van der Waals surface area contributed by atoms with Gasteiger partial charge in [-0.1, -0.05) is 0 Å². The van der Waals surface area contributed by atoms with E-state index in [1.807, 2.05) is 10.1 Å². The van der Waals surface area contributed by atoms with Gasteiger partial charge in [-0.2, -0.15) is 0 Å². The standard InChI is InChI=1S/C8H11N5O6S/c14-8(15)10-1-2-20(18,19)12-11-6-3-7(13(16)17)5-9-4-6/h3-5,10-12H,1-2H2,(H,14,15). The molecule has 1 aromatic heterocycles. The van der Waals surface area contributed by atoms with Gasteiger partial charge in [0.2, 0.25) is 10.0 Å². The molecule has 0 unspecified atom stereocenters. The molecule has 110 valence electrons. The van der Waals surface area contributed by atoms with Crippen molar-refractivity contribution < 1.29 is 23.2 Å². The number of carboxylic acid groups (broad SMARTS) is 1. The Kier molecular flexibility index (Phi) is 5.16. The molecule has 0 saturated heterocycles. The second-order valence-corrected chi connectivity index (χ2v) is 5.31. The molecule has 0 spiro atoms. The first-order chi connectivity index (χ1) is 9.30. The van der Waals surface area contributed by atoms with Crippen LogP contribution < -0.4 is 15.6 Å². The molecule has 11 nitrogen and oxygen atoms in total. The van der Waals surface area contributed by atoms with Crippen molar-refractivity contribution in [3.63, 3.8) is 0 Å². The van der Waals surface area contributed by atoms with Crippen LogP contribution in [0.2, 0.25) is 0 Å². The molecule has 0 fully saturated rings. The molecular formula is C8H11N5O6S. The number of amides is 1. The Morgan fingerprint density at radius 2 is 2.15 bits per heavy atom. The van der Waals surface area contributed by atoms with Crippen molar-refractivity contribution >= 4 is 27.5 Å². The first kappa shape index (κ1) is 15.6. The number of nitrogens with one attached hydrogen (secondary N) is 3. The summed E-state index contributed by atoms with van der Waals surface area (Å²) in [5.74, 6) is -0.491. The highest BCUT2D eigenvalue weighted by molar-refractivity contribution is 7.89. The first-order valence-electron chi connectivity index (χ1n) is 5.12. The zero-order chi connectivity index (χ0) is 15.2. The van der Waals surface area contributed by atoms with E-state index >= 15 is 0 Å². The summed E-state index contributed by atoms with van der Waals surface area (Å²) in [7, 11) is -3.79. The third kappa shape index (κ3) is 5.45. The highest BCUT2D eigenvalue weighted by Crippen LogP contribution is 2.14. The van der Waals surface area contributed by atoms with Crippen molar-refractivity contribution in [3.8, 4) is 0 Å². The summed E-state index contributed by atoms with van der Waals surface area (Å²) in [6.07, 6.45) is 0.859. The maximum Gasteiger partial charge on any atom is 0.404 e. The molecule has 4 N–H and O–H groups in total. The smallest absolute Gasteiger partial charge is 0.404 e. The summed E-state index contributed by atoms with van der Waals surface area (Å²) in [5, 5.41) is 20.7. The van der Waals surface area contributed by atoms with Gasteiger partial charge in [-0.15, -0.1) is 4.83 Å². The van der Waals surface area contributed by atoms with Crippen LogP contribution in [0.15, 0.2) is 18.5 Å². The minimum atomic E-state index is -3.79. The van der Waals surface area contributed by atoms with E-state index in [1.165, 1.54) is 6.20 Å². The number of pyridine rings is 1. The van der Waals surface area contributed by atoms with E-state index in [1.54, 1.807) is 0 Å². The number of aromatic nitrogens is 1. The Morgan fingerprint density at radius 1 is 1.45 bits per heavy atom. The molecule has 1 aromatic rings. The van der Waals surface area contributed by atoms with Crippen LogP contribution in [0.1, 0.15) is 0 Å². The predicted octanol–water partition coefficient (Wildman–Crippen LogP) is -0.496. The second-order valence-electron chi connectivity index (χ2n) is 3.47. The average Bonchev–Trinajstić information content (AvgIpc) is 2.36. The van der Waals surface area contributed by atoms with Gasteiger partial charge in [0.05, 0.1) is 22.6 Å². The first-order valence-corrected chi connectivity index (χ1v) is 6.77. The number of nitro groups is 1. The zero-order valence-corrected chi connectivity index (χ0v) is 10.8. The topological polar surface area (TPSA) is 164 Å². The predicted molar refractivity (Wildman–Crippen MR) is 67.5 cm³/mol. The maximum absolute atomic E-state index is 11.4. The minimum absolute atomic E-state index is 0.0777. The van der Waals surface area contributed by atoms with Crippen LogP contribution in [0.5, 0.6) is 0 Å². The summed E-state index contributed by atoms with van der Waals surface area (Å²) in [6.45, 7) is -0.292. The highest BCUT2D eigenvalue weighted by Gasteiger charge is 2.12. The van der Waals surface area contributed by atoms with E-state index in [0.717, 1.165) is 12.3 Å². The summed E-state index contributed by atoms with van der Waals surface area (Å²) in [4.78, 5) is 25.5. The number of carbonyl (C=O) groups is 1. The molecule has 0 aliphatic carbocycles. The minimum Gasteiger partial charge on any atom is -0.465 e. The SMILES string of the molecule is O=C(O)NCCS(=O)(=O)NNc1cncc([N+](=O)[O-])c1. The van der Waals surface area contributed by atoms with Crippen LogP contribution in [-0.4, -0.2) is 41.8 Å². The highest BCUT2D eigenvalue weighted by atomic mass is 32.2. The van der Waals surface area contributed by atoms with E-state index in [2.05, 4.69) is 10.4 Å². The summed E-state index contributed by atoms with van der Waals surface area (Å²) < 4.78 is 22.9. The number of anilines is 1. The molecule has 0 bridgehead atoms. The molecule has 0 atom stereocenters. The summed E-state index contributed by atoms with van der Waals surface area (Å²) in [6, 6.07) is 1.09. The Morgan fingerprint density at radius 3 is 2.75 bits per heavy atom. The summed E-state index contributed by atoms with van der Waals surface area (Å²) >= 11 is 0. The molecular weight excluding hydrogens is 294 g/mol. The normalized spacial score (nSPS) is 10.8. The molecule has 0 saturated carbocycles. The number of hydrogen-bond donors (Lipinski definition) is 4. The molecule has 20 heavy (non-hydrogen) atoms. The molecule has 1 heterocycles. The third-order valence-corrected chi connectivity index (χ3v) is 3.09. The third-order valence-electron chi connectivity index (χ3n) is 1.93. The van der Waals surface area contributed by atoms with Crippen LogP contribution in [0.4, 0.5) is 16.2 Å². The van der Waals surface area contributed by atoms with Gasteiger partial charge in [-0.3, -0.25) is 15.1 Å². The van der Waals surface area contributed by atoms with E-state index in [0.29, 0.717) is 0 Å². The van der Waals surface area contributed by atoms with Crippen molar-refractivity contribution in [1.82, 2.24) is 15.1 Å². The monoisotopic (exact) mass is 305 g/mol. The van der Waals surface area contributed by atoms with Crippen molar-refractivity contribution in [2.75, 3.05) is 17.7 Å². The van der Waals surface area contributed by atoms with Gasteiger partial charge in [0.25, 0.3) is 5.69 Å². The number of hydrogen-bond acceptors (Lipinski definition) is 7. The molecule has 12 heteroatoms. The lowest BCUT2D eigenvalue weighted by molar-refractivity contribution is -0.385. The number of rotatable bonds is 7. The van der Waals surface area contributed by atoms with Crippen LogP contribution >= 0.6 is 0 Å². The molecule has 0 radical (unpaired) electrons. The fourth-order valence-corrected chi connectivity index (χ4v) is 1.82. The lowest BCUT2D eigenvalue weighted by atomic mass is 10.4. The fourth-order valence-electron chi connectivity index (χ4n) is 1.08. The molecule has 1 rings (SSSR count). The molecule has 0 aliphatic rings. The van der Waals surface area contributed by atoms with E-state index < -0.39 is 26.8 Å². The van der Waals surface area contributed by atoms with Gasteiger partial charge in [0.15, 0.2) is 0 Å². The van der Waals surface area contributed by atoms with Crippen LogP contribution in [-0.2, 0) is 10.0 Å². The Bertz CT molecular complexity index is 603. The lowest BCUT2D eigenvalue weighted by Gasteiger charge is -2.08. The molecule has 0 aliphatic heterocycles. The quantitative estimate of drug-likeness (QED) is 0.387. The van der Waals surface area contributed by atoms with E-state index in [-0.39, 0.29) is 17.9 Å². The van der Waals surface area contributed by atoms with Gasteiger partial charge in [-0.05, 0) is 0 Å². The number of sulfonamides is 1. The second kappa shape index (κ2) is 6.63. The van der Waals surface area contributed by atoms with Gasteiger partial charge in [0, 0.05) is 12.6 Å². The van der Waals surface area contributed by atoms with Gasteiger partial charge >= 0.3 is 6.09 Å². The number of nitrogens with zero attached hydrogens (tertiary/aromatic N) is 2. The largest absolute Gasteiger partial charge is 0.465 e. The van der Waals surface area contributed by atoms with Crippen molar-refractivity contribution in [1.29, 1.82) is 0 Å². The zero-order valence-electron chi connectivity index (χ0n) is 9.94. The maximum atomic E-state index is 11.4. The van der Waals surface area contributed by atoms with Gasteiger partial charge < -0.3 is 15.8 Å². The fraction of sp³-hybridized carbons (Fsp3) is 0.250. The van der Waals surface area contributed by atoms with Gasteiger partial charge in [-0.25, -0.2) is 13.2 Å². The Balaban J connectivity index is 2.55. The number of hydrazine groups is 1. The average molecular weight is 305 g/mol. The van der Waals surface area contributed by atoms with E-state index in [9.17, 15) is 23.3 Å². The summed E-state index contributed by atoms with van der Waals surface area (Å²) in [5.41, 5.74) is 2.01. The Hall–Kier alpha value is -2.47. The van der Waals surface area contributed by atoms with Crippen molar-refractivity contribution in [2.45, 2.75) is 0 Å². The van der Waals surface area contributed by atoms with E-state index in [4.69, 9.17) is 5.11 Å².